The number of aryl methyl sites for hydroxylation is 1. The van der Waals surface area contributed by atoms with E-state index >= 15 is 0 Å². The Morgan fingerprint density at radius 1 is 1.23 bits per heavy atom. The maximum Gasteiger partial charge on any atom is 0.350 e. The number of aromatic nitrogens is 3. The first-order chi connectivity index (χ1) is 16.6. The highest BCUT2D eigenvalue weighted by Crippen LogP contribution is 2.29. The van der Waals surface area contributed by atoms with E-state index in [1.165, 1.54) is 23.5 Å². The van der Waals surface area contributed by atoms with Gasteiger partial charge in [0, 0.05) is 31.6 Å². The van der Waals surface area contributed by atoms with Crippen LogP contribution >= 0.6 is 11.3 Å². The summed E-state index contributed by atoms with van der Waals surface area (Å²) in [6.45, 7) is 5.81. The molecule has 1 aromatic carbocycles. The quantitative estimate of drug-likeness (QED) is 0.380. The predicted molar refractivity (Wildman–Crippen MR) is 133 cm³/mol. The topological polar surface area (TPSA) is 152 Å². The Kier molecular flexibility index (Phi) is 7.31. The summed E-state index contributed by atoms with van der Waals surface area (Å²) >= 11 is 1.19. The Morgan fingerprint density at radius 2 is 1.97 bits per heavy atom. The Morgan fingerprint density at radius 3 is 2.66 bits per heavy atom. The predicted octanol–water partition coefficient (Wildman–Crippen LogP) is 2.41. The molecular formula is C22H27N7O4S2. The Labute approximate surface area is 207 Å². The molecule has 4 rings (SSSR count). The summed E-state index contributed by atoms with van der Waals surface area (Å²) in [5, 5.41) is 12.2. The van der Waals surface area contributed by atoms with Crippen molar-refractivity contribution in [3.05, 3.63) is 51.7 Å². The van der Waals surface area contributed by atoms with Gasteiger partial charge in [0.2, 0.25) is 16.0 Å². The number of fused-ring (bicyclic) bond motifs is 1. The minimum absolute atomic E-state index is 0.0645. The lowest BCUT2D eigenvalue weighted by atomic mass is 10.1. The second-order valence-electron chi connectivity index (χ2n) is 8.13. The number of carbonyl (C=O) groups excluding carboxylic acids is 1. The number of nitrogens with zero attached hydrogens (tertiary/aromatic N) is 4. The molecule has 2 aromatic heterocycles. The first-order valence-electron chi connectivity index (χ1n) is 11.0. The second kappa shape index (κ2) is 10.2. The molecule has 0 unspecified atom stereocenters. The maximum absolute atomic E-state index is 12.1. The number of esters is 1. The molecule has 1 aliphatic heterocycles. The van der Waals surface area contributed by atoms with Crippen LogP contribution in [0.25, 0.3) is 0 Å². The van der Waals surface area contributed by atoms with Crippen LogP contribution in [0.4, 0.5) is 16.9 Å². The van der Waals surface area contributed by atoms with Gasteiger partial charge in [-0.05, 0) is 38.6 Å². The molecule has 4 N–H and O–H groups in total. The Hall–Kier alpha value is -3.13. The number of nitrogens with one attached hydrogen (secondary N) is 2. The van der Waals surface area contributed by atoms with Gasteiger partial charge in [-0.2, -0.15) is 4.98 Å². The number of anilines is 3. The van der Waals surface area contributed by atoms with Crippen LogP contribution in [-0.2, 0) is 34.3 Å². The van der Waals surface area contributed by atoms with E-state index in [0.717, 1.165) is 29.8 Å². The van der Waals surface area contributed by atoms with Crippen LogP contribution in [0.5, 0.6) is 0 Å². The van der Waals surface area contributed by atoms with Crippen LogP contribution in [0.3, 0.4) is 0 Å². The molecular weight excluding hydrogens is 490 g/mol. The SMILES string of the molecule is CCOC(=O)c1sc(Nc2nc3c(c(NCc4ccc(S(N)(=O)=O)cc4)n2)CN(C)CC3)nc1C. The van der Waals surface area contributed by atoms with E-state index in [-0.39, 0.29) is 4.90 Å². The number of ether oxygens (including phenoxy) is 1. The number of hydrogen-bond acceptors (Lipinski definition) is 11. The third kappa shape index (κ3) is 5.93. The standard InChI is InChI=1S/C22H27N7O4S2/c1-4-33-20(30)18-13(2)25-22(34-18)28-21-26-17-9-10-29(3)12-16(17)19(27-21)24-11-14-5-7-15(8-6-14)35(23,31)32/h5-8H,4,9-12H2,1-3H3,(H2,23,31,32)(H2,24,25,26,27,28). The molecule has 0 amide bonds. The molecule has 1 aliphatic rings. The number of nitrogens with two attached hydrogens (primary N) is 1. The zero-order valence-corrected chi connectivity index (χ0v) is 21.3. The number of likely N-dealkylation sites (N-methyl/N-ethyl adjacent to an activating group) is 1. The van der Waals surface area contributed by atoms with Crippen LogP contribution in [0.1, 0.15) is 39.1 Å². The molecule has 0 bridgehead atoms. The van der Waals surface area contributed by atoms with Crippen LogP contribution in [-0.4, -0.2) is 54.4 Å². The molecule has 35 heavy (non-hydrogen) atoms. The van der Waals surface area contributed by atoms with Crippen molar-refractivity contribution in [2.75, 3.05) is 30.8 Å². The number of carbonyl (C=O) groups is 1. The molecule has 186 valence electrons. The molecule has 0 saturated heterocycles. The Balaban J connectivity index is 1.58. The minimum atomic E-state index is -3.74. The van der Waals surface area contributed by atoms with Gasteiger partial charge in [0.25, 0.3) is 0 Å². The number of thiazole rings is 1. The van der Waals surface area contributed by atoms with Gasteiger partial charge in [0.1, 0.15) is 10.7 Å². The lowest BCUT2D eigenvalue weighted by Crippen LogP contribution is -2.29. The third-order valence-corrected chi connectivity index (χ3v) is 7.42. The van der Waals surface area contributed by atoms with Crippen molar-refractivity contribution in [1.29, 1.82) is 0 Å². The number of primary sulfonamides is 1. The molecule has 11 nitrogen and oxygen atoms in total. The fourth-order valence-corrected chi connectivity index (χ4v) is 5.03. The van der Waals surface area contributed by atoms with Gasteiger partial charge in [0.15, 0.2) is 5.13 Å². The smallest absolute Gasteiger partial charge is 0.350 e. The zero-order valence-electron chi connectivity index (χ0n) is 19.7. The number of sulfonamides is 1. The van der Waals surface area contributed by atoms with Gasteiger partial charge in [-0.15, -0.1) is 0 Å². The van der Waals surface area contributed by atoms with Crippen LogP contribution in [0.15, 0.2) is 29.2 Å². The first kappa shape index (κ1) is 25.0. The number of hydrogen-bond donors (Lipinski definition) is 3. The first-order valence-corrected chi connectivity index (χ1v) is 13.4. The zero-order chi connectivity index (χ0) is 25.2. The van der Waals surface area contributed by atoms with Crippen LogP contribution in [0, 0.1) is 6.92 Å². The summed E-state index contributed by atoms with van der Waals surface area (Å²) in [4.78, 5) is 28.6. The van der Waals surface area contributed by atoms with E-state index in [9.17, 15) is 13.2 Å². The largest absolute Gasteiger partial charge is 0.462 e. The third-order valence-electron chi connectivity index (χ3n) is 5.44. The molecule has 13 heteroatoms. The van der Waals surface area contributed by atoms with E-state index in [1.807, 2.05) is 7.05 Å². The summed E-state index contributed by atoms with van der Waals surface area (Å²) in [5.74, 6) is 0.656. The van der Waals surface area contributed by atoms with Gasteiger partial charge in [-0.3, -0.25) is 5.32 Å². The highest BCUT2D eigenvalue weighted by molar-refractivity contribution is 7.89. The molecule has 0 saturated carbocycles. The van der Waals surface area contributed by atoms with E-state index in [4.69, 9.17) is 14.9 Å². The van der Waals surface area contributed by atoms with Gasteiger partial charge >= 0.3 is 5.97 Å². The fourth-order valence-electron chi connectivity index (χ4n) is 3.67. The van der Waals surface area contributed by atoms with Gasteiger partial charge in [0.05, 0.1) is 22.9 Å². The average molecular weight is 518 g/mol. The molecule has 0 atom stereocenters. The monoisotopic (exact) mass is 517 g/mol. The van der Waals surface area contributed by atoms with Gasteiger partial charge in [-0.25, -0.2) is 28.3 Å². The van der Waals surface area contributed by atoms with Crippen molar-refractivity contribution in [3.63, 3.8) is 0 Å². The summed E-state index contributed by atoms with van der Waals surface area (Å²) in [7, 11) is -1.70. The van der Waals surface area contributed by atoms with Gasteiger partial charge < -0.3 is 15.0 Å². The van der Waals surface area contributed by atoms with E-state index < -0.39 is 16.0 Å². The van der Waals surface area contributed by atoms with E-state index in [0.29, 0.717) is 47.2 Å². The summed E-state index contributed by atoms with van der Waals surface area (Å²) in [6.07, 6.45) is 0.770. The highest BCUT2D eigenvalue weighted by atomic mass is 32.2. The lowest BCUT2D eigenvalue weighted by Gasteiger charge is -2.26. The average Bonchev–Trinajstić information content (AvgIpc) is 3.17. The van der Waals surface area contributed by atoms with Gasteiger partial charge in [-0.1, -0.05) is 23.5 Å². The second-order valence-corrected chi connectivity index (χ2v) is 10.7. The van der Waals surface area contributed by atoms with Crippen LogP contribution < -0.4 is 15.8 Å². The summed E-state index contributed by atoms with van der Waals surface area (Å²) in [5.41, 5.74) is 3.40. The molecule has 0 spiro atoms. The van der Waals surface area contributed by atoms with Crippen molar-refractivity contribution in [2.45, 2.75) is 38.3 Å². The fraction of sp³-hybridized carbons (Fsp3) is 0.364. The normalized spacial score (nSPS) is 13.8. The molecule has 0 radical (unpaired) electrons. The van der Waals surface area contributed by atoms with Crippen molar-refractivity contribution < 1.29 is 17.9 Å². The highest BCUT2D eigenvalue weighted by Gasteiger charge is 2.22. The molecule has 3 aromatic rings. The number of rotatable bonds is 8. The lowest BCUT2D eigenvalue weighted by molar-refractivity contribution is 0.0531. The molecule has 0 aliphatic carbocycles. The van der Waals surface area contributed by atoms with Crippen molar-refractivity contribution in [2.24, 2.45) is 5.14 Å². The van der Waals surface area contributed by atoms with Crippen LogP contribution in [0.2, 0.25) is 0 Å². The molecule has 3 heterocycles. The minimum Gasteiger partial charge on any atom is -0.462 e. The van der Waals surface area contributed by atoms with Crippen molar-refractivity contribution in [1.82, 2.24) is 19.9 Å². The summed E-state index contributed by atoms with van der Waals surface area (Å²) in [6, 6.07) is 6.38. The van der Waals surface area contributed by atoms with E-state index in [1.54, 1.807) is 26.0 Å². The van der Waals surface area contributed by atoms with Crippen molar-refractivity contribution in [3.8, 4) is 0 Å². The maximum atomic E-state index is 12.1. The molecule has 0 fully saturated rings. The Bertz CT molecular complexity index is 1340. The van der Waals surface area contributed by atoms with Crippen molar-refractivity contribution >= 4 is 44.2 Å². The summed E-state index contributed by atoms with van der Waals surface area (Å²) < 4.78 is 28.1. The van der Waals surface area contributed by atoms with E-state index in [2.05, 4.69) is 25.5 Å². The number of benzene rings is 1.